The van der Waals surface area contributed by atoms with E-state index in [0.29, 0.717) is 9.52 Å². The van der Waals surface area contributed by atoms with Crippen LogP contribution in [0, 0.1) is 15.5 Å². The SMILES string of the molecule is O=c1c2c(F)ccn2nc(I)n1-c1ccc(F)cc1. The van der Waals surface area contributed by atoms with Gasteiger partial charge in [-0.1, -0.05) is 0 Å². The van der Waals surface area contributed by atoms with Gasteiger partial charge in [0.2, 0.25) is 0 Å². The van der Waals surface area contributed by atoms with Crippen LogP contribution in [0.3, 0.4) is 0 Å². The molecule has 4 nitrogen and oxygen atoms in total. The van der Waals surface area contributed by atoms with Crippen LogP contribution < -0.4 is 5.56 Å². The molecular formula is C12H6F2IN3O. The first-order valence-electron chi connectivity index (χ1n) is 5.29. The highest BCUT2D eigenvalue weighted by Gasteiger charge is 2.14. The van der Waals surface area contributed by atoms with Gasteiger partial charge >= 0.3 is 0 Å². The van der Waals surface area contributed by atoms with Crippen molar-refractivity contribution in [3.05, 3.63) is 62.3 Å². The van der Waals surface area contributed by atoms with Crippen LogP contribution in [-0.4, -0.2) is 14.2 Å². The van der Waals surface area contributed by atoms with Crippen LogP contribution in [0.1, 0.15) is 0 Å². The van der Waals surface area contributed by atoms with Crippen LogP contribution in [0.25, 0.3) is 11.2 Å². The molecule has 0 saturated heterocycles. The maximum Gasteiger partial charge on any atom is 0.286 e. The molecule has 2 aromatic heterocycles. The van der Waals surface area contributed by atoms with Crippen molar-refractivity contribution >= 4 is 28.1 Å². The molecule has 19 heavy (non-hydrogen) atoms. The van der Waals surface area contributed by atoms with E-state index in [0.717, 1.165) is 0 Å². The van der Waals surface area contributed by atoms with Gasteiger partial charge in [0.25, 0.3) is 5.56 Å². The van der Waals surface area contributed by atoms with Crippen molar-refractivity contribution in [2.75, 3.05) is 0 Å². The summed E-state index contributed by atoms with van der Waals surface area (Å²) in [6, 6.07) is 6.53. The summed E-state index contributed by atoms with van der Waals surface area (Å²) in [7, 11) is 0. The van der Waals surface area contributed by atoms with E-state index in [9.17, 15) is 13.6 Å². The third-order valence-corrected chi connectivity index (χ3v) is 3.38. The first-order valence-corrected chi connectivity index (χ1v) is 6.37. The van der Waals surface area contributed by atoms with Gasteiger partial charge in [-0.05, 0) is 30.3 Å². The third kappa shape index (κ3) is 1.93. The number of hydrogen-bond acceptors (Lipinski definition) is 2. The highest BCUT2D eigenvalue weighted by Crippen LogP contribution is 2.13. The summed E-state index contributed by atoms with van der Waals surface area (Å²) in [5, 5.41) is 4.09. The quantitative estimate of drug-likeness (QED) is 0.615. The standard InChI is InChI=1S/C12H6F2IN3O/c13-7-1-3-8(4-2-7)18-11(19)10-9(14)5-6-17(10)16-12(18)15/h1-6H. The Morgan fingerprint density at radius 3 is 2.47 bits per heavy atom. The van der Waals surface area contributed by atoms with Crippen LogP contribution in [0.4, 0.5) is 8.78 Å². The molecule has 0 aliphatic carbocycles. The highest BCUT2D eigenvalue weighted by atomic mass is 127. The number of aromatic nitrogens is 3. The van der Waals surface area contributed by atoms with Crippen molar-refractivity contribution < 1.29 is 8.78 Å². The molecule has 0 spiro atoms. The maximum absolute atomic E-state index is 13.6. The summed E-state index contributed by atoms with van der Waals surface area (Å²) in [6.07, 6.45) is 1.38. The van der Waals surface area contributed by atoms with E-state index < -0.39 is 17.2 Å². The van der Waals surface area contributed by atoms with Gasteiger partial charge in [0.15, 0.2) is 15.2 Å². The summed E-state index contributed by atoms with van der Waals surface area (Å²) in [5.41, 5.74) is -0.232. The van der Waals surface area contributed by atoms with Gasteiger partial charge in [-0.25, -0.2) is 13.3 Å². The highest BCUT2D eigenvalue weighted by molar-refractivity contribution is 14.1. The lowest BCUT2D eigenvalue weighted by Crippen LogP contribution is -2.25. The van der Waals surface area contributed by atoms with Gasteiger partial charge in [0.1, 0.15) is 5.82 Å². The zero-order valence-corrected chi connectivity index (χ0v) is 11.5. The molecule has 0 unspecified atom stereocenters. The van der Waals surface area contributed by atoms with E-state index in [1.165, 1.54) is 45.6 Å². The number of nitrogens with zero attached hydrogens (tertiary/aromatic N) is 3. The minimum Gasteiger partial charge on any atom is -0.266 e. The number of benzene rings is 1. The molecule has 0 amide bonds. The number of hydrogen-bond donors (Lipinski definition) is 0. The molecular weight excluding hydrogens is 367 g/mol. The lowest BCUT2D eigenvalue weighted by molar-refractivity contribution is 0.626. The van der Waals surface area contributed by atoms with Crippen molar-refractivity contribution in [3.63, 3.8) is 0 Å². The van der Waals surface area contributed by atoms with Crippen molar-refractivity contribution in [1.29, 1.82) is 0 Å². The third-order valence-electron chi connectivity index (χ3n) is 2.68. The Morgan fingerprint density at radius 1 is 1.11 bits per heavy atom. The Bertz CT molecular complexity index is 823. The maximum atomic E-state index is 13.6. The number of fused-ring (bicyclic) bond motifs is 1. The molecule has 0 atom stereocenters. The van der Waals surface area contributed by atoms with Gasteiger partial charge in [0.05, 0.1) is 5.69 Å². The molecule has 7 heteroatoms. The van der Waals surface area contributed by atoms with Crippen molar-refractivity contribution in [2.24, 2.45) is 0 Å². The molecule has 1 aromatic carbocycles. The van der Waals surface area contributed by atoms with E-state index in [1.807, 2.05) is 22.6 Å². The lowest BCUT2D eigenvalue weighted by atomic mass is 10.3. The largest absolute Gasteiger partial charge is 0.286 e. The normalized spacial score (nSPS) is 11.1. The van der Waals surface area contributed by atoms with Gasteiger partial charge in [-0.15, -0.1) is 5.10 Å². The molecule has 3 rings (SSSR count). The van der Waals surface area contributed by atoms with E-state index >= 15 is 0 Å². The zero-order valence-electron chi connectivity index (χ0n) is 9.35. The summed E-state index contributed by atoms with van der Waals surface area (Å²) < 4.78 is 29.3. The Hall–Kier alpha value is -1.77. The molecule has 0 saturated carbocycles. The number of halogens is 3. The van der Waals surface area contributed by atoms with E-state index in [2.05, 4.69) is 5.10 Å². The van der Waals surface area contributed by atoms with Crippen LogP contribution in [0.15, 0.2) is 41.3 Å². The van der Waals surface area contributed by atoms with Crippen LogP contribution in [0.2, 0.25) is 0 Å². The van der Waals surface area contributed by atoms with Crippen LogP contribution in [-0.2, 0) is 0 Å². The molecule has 3 aromatic rings. The fourth-order valence-electron chi connectivity index (χ4n) is 1.82. The Labute approximate surface area is 119 Å². The van der Waals surface area contributed by atoms with Gasteiger partial charge in [-0.2, -0.15) is 0 Å². The average molecular weight is 373 g/mol. The molecule has 0 aliphatic rings. The van der Waals surface area contributed by atoms with E-state index in [-0.39, 0.29) is 5.52 Å². The molecule has 0 N–H and O–H groups in total. The molecule has 0 radical (unpaired) electrons. The minimum absolute atomic E-state index is 0.134. The first-order chi connectivity index (χ1) is 9.08. The molecule has 0 bridgehead atoms. The summed E-state index contributed by atoms with van der Waals surface area (Å²) in [6.45, 7) is 0. The summed E-state index contributed by atoms with van der Waals surface area (Å²) >= 11 is 1.87. The fraction of sp³-hybridized carbons (Fsp3) is 0. The Kier molecular flexibility index (Phi) is 2.85. The molecule has 0 aliphatic heterocycles. The predicted octanol–water partition coefficient (Wildman–Crippen LogP) is 2.37. The Morgan fingerprint density at radius 2 is 1.79 bits per heavy atom. The monoisotopic (exact) mass is 373 g/mol. The van der Waals surface area contributed by atoms with E-state index in [1.54, 1.807) is 0 Å². The average Bonchev–Trinajstić information content (AvgIpc) is 2.73. The second-order valence-corrected chi connectivity index (χ2v) is 4.81. The molecule has 2 heterocycles. The van der Waals surface area contributed by atoms with Gasteiger partial charge in [-0.3, -0.25) is 9.36 Å². The van der Waals surface area contributed by atoms with Crippen LogP contribution in [0.5, 0.6) is 0 Å². The second kappa shape index (κ2) is 4.41. The first kappa shape index (κ1) is 12.3. The van der Waals surface area contributed by atoms with Gasteiger partial charge < -0.3 is 0 Å². The molecule has 0 fully saturated rings. The smallest absolute Gasteiger partial charge is 0.266 e. The van der Waals surface area contributed by atoms with Crippen molar-refractivity contribution in [2.45, 2.75) is 0 Å². The summed E-state index contributed by atoms with van der Waals surface area (Å²) in [5.74, 6) is -1.04. The lowest BCUT2D eigenvalue weighted by Gasteiger charge is -2.08. The fourth-order valence-corrected chi connectivity index (χ4v) is 2.55. The summed E-state index contributed by atoms with van der Waals surface area (Å²) in [4.78, 5) is 12.3. The topological polar surface area (TPSA) is 39.3 Å². The molecule has 96 valence electrons. The zero-order chi connectivity index (χ0) is 13.6. The Balaban J connectivity index is 2.37. The second-order valence-electron chi connectivity index (χ2n) is 3.84. The van der Waals surface area contributed by atoms with Crippen molar-refractivity contribution in [1.82, 2.24) is 14.2 Å². The van der Waals surface area contributed by atoms with Crippen LogP contribution >= 0.6 is 22.6 Å². The van der Waals surface area contributed by atoms with Gasteiger partial charge in [0, 0.05) is 28.8 Å². The van der Waals surface area contributed by atoms with E-state index in [4.69, 9.17) is 0 Å². The van der Waals surface area contributed by atoms with Crippen molar-refractivity contribution in [3.8, 4) is 5.69 Å². The minimum atomic E-state index is -0.634. The predicted molar refractivity (Wildman–Crippen MR) is 73.4 cm³/mol. The number of rotatable bonds is 1.